The molecule has 2 amide bonds. The predicted molar refractivity (Wildman–Crippen MR) is 80.2 cm³/mol. The minimum atomic E-state index is -0.215. The van der Waals surface area contributed by atoms with Crippen molar-refractivity contribution in [3.05, 3.63) is 40.9 Å². The van der Waals surface area contributed by atoms with Crippen LogP contribution >= 0.6 is 11.3 Å². The molecule has 0 bridgehead atoms. The summed E-state index contributed by atoms with van der Waals surface area (Å²) < 4.78 is 0. The quantitative estimate of drug-likeness (QED) is 0.908. The van der Waals surface area contributed by atoms with Crippen LogP contribution in [0.5, 0.6) is 0 Å². The first-order valence-corrected chi connectivity index (χ1v) is 7.04. The van der Waals surface area contributed by atoms with Gasteiger partial charge in [0.05, 0.1) is 0 Å². The molecule has 20 heavy (non-hydrogen) atoms. The number of nitrogens with zero attached hydrogens (tertiary/aromatic N) is 1. The number of aryl methyl sites for hydroxylation is 1. The SMILES string of the molecule is CCC(=O)Nc1ccc(C(=O)Nc2ncc(C)s2)cc1. The lowest BCUT2D eigenvalue weighted by Gasteiger charge is -2.05. The monoisotopic (exact) mass is 289 g/mol. The van der Waals surface area contributed by atoms with E-state index in [0.29, 0.717) is 22.8 Å². The molecule has 1 aromatic carbocycles. The first kappa shape index (κ1) is 14.2. The van der Waals surface area contributed by atoms with Gasteiger partial charge < -0.3 is 5.32 Å². The molecule has 2 rings (SSSR count). The molecule has 0 aliphatic carbocycles. The maximum absolute atomic E-state index is 12.0. The van der Waals surface area contributed by atoms with E-state index in [4.69, 9.17) is 0 Å². The Kier molecular flexibility index (Phi) is 4.47. The molecule has 5 nitrogen and oxygen atoms in total. The van der Waals surface area contributed by atoms with E-state index in [9.17, 15) is 9.59 Å². The number of thiazole rings is 1. The zero-order valence-corrected chi connectivity index (χ0v) is 12.1. The fourth-order valence-electron chi connectivity index (χ4n) is 1.54. The second-order valence-electron chi connectivity index (χ2n) is 4.21. The zero-order valence-electron chi connectivity index (χ0n) is 11.3. The highest BCUT2D eigenvalue weighted by molar-refractivity contribution is 7.15. The first-order valence-electron chi connectivity index (χ1n) is 6.22. The first-order chi connectivity index (χ1) is 9.58. The number of hydrogen-bond donors (Lipinski definition) is 2. The number of carbonyl (C=O) groups is 2. The molecule has 0 fully saturated rings. The van der Waals surface area contributed by atoms with Gasteiger partial charge in [-0.2, -0.15) is 0 Å². The molecule has 0 spiro atoms. The lowest BCUT2D eigenvalue weighted by atomic mass is 10.2. The number of amides is 2. The molecule has 0 saturated heterocycles. The maximum Gasteiger partial charge on any atom is 0.257 e. The lowest BCUT2D eigenvalue weighted by molar-refractivity contribution is -0.115. The van der Waals surface area contributed by atoms with Crippen molar-refractivity contribution in [2.45, 2.75) is 20.3 Å². The van der Waals surface area contributed by atoms with E-state index in [0.717, 1.165) is 4.88 Å². The lowest BCUT2D eigenvalue weighted by Crippen LogP contribution is -2.12. The van der Waals surface area contributed by atoms with Crippen LogP contribution in [0.15, 0.2) is 30.5 Å². The van der Waals surface area contributed by atoms with E-state index >= 15 is 0 Å². The van der Waals surface area contributed by atoms with Crippen molar-refractivity contribution in [2.75, 3.05) is 10.6 Å². The fraction of sp³-hybridized carbons (Fsp3) is 0.214. The number of benzene rings is 1. The van der Waals surface area contributed by atoms with Gasteiger partial charge in [-0.1, -0.05) is 6.92 Å². The van der Waals surface area contributed by atoms with Crippen molar-refractivity contribution in [1.82, 2.24) is 4.98 Å². The van der Waals surface area contributed by atoms with Crippen LogP contribution in [0.4, 0.5) is 10.8 Å². The molecule has 1 heterocycles. The van der Waals surface area contributed by atoms with Crippen LogP contribution in [0.2, 0.25) is 0 Å². The summed E-state index contributed by atoms with van der Waals surface area (Å²) in [6.45, 7) is 3.71. The number of anilines is 2. The van der Waals surface area contributed by atoms with Crippen LogP contribution < -0.4 is 10.6 Å². The summed E-state index contributed by atoms with van der Waals surface area (Å²) in [4.78, 5) is 28.3. The van der Waals surface area contributed by atoms with Crippen molar-refractivity contribution < 1.29 is 9.59 Å². The summed E-state index contributed by atoms with van der Waals surface area (Å²) >= 11 is 1.43. The highest BCUT2D eigenvalue weighted by Crippen LogP contribution is 2.18. The molecule has 1 aromatic heterocycles. The molecule has 0 unspecified atom stereocenters. The Morgan fingerprint density at radius 2 is 1.90 bits per heavy atom. The number of nitrogens with one attached hydrogen (secondary N) is 2. The summed E-state index contributed by atoms with van der Waals surface area (Å²) in [7, 11) is 0. The largest absolute Gasteiger partial charge is 0.326 e. The molecule has 0 aliphatic rings. The average Bonchev–Trinajstić information content (AvgIpc) is 2.84. The van der Waals surface area contributed by atoms with Gasteiger partial charge in [-0.15, -0.1) is 11.3 Å². The van der Waals surface area contributed by atoms with Crippen molar-refractivity contribution >= 4 is 34.0 Å². The van der Waals surface area contributed by atoms with Crippen molar-refractivity contribution in [1.29, 1.82) is 0 Å². The van der Waals surface area contributed by atoms with Gasteiger partial charge >= 0.3 is 0 Å². The minimum absolute atomic E-state index is 0.0551. The van der Waals surface area contributed by atoms with Crippen LogP contribution in [-0.4, -0.2) is 16.8 Å². The van der Waals surface area contributed by atoms with Crippen LogP contribution in [0.1, 0.15) is 28.6 Å². The van der Waals surface area contributed by atoms with Gasteiger partial charge in [0.25, 0.3) is 5.91 Å². The summed E-state index contributed by atoms with van der Waals surface area (Å²) in [5, 5.41) is 6.04. The van der Waals surface area contributed by atoms with Gasteiger partial charge in [0.1, 0.15) is 0 Å². The summed E-state index contributed by atoms with van der Waals surface area (Å²) in [6.07, 6.45) is 2.13. The molecule has 0 aliphatic heterocycles. The molecule has 0 radical (unpaired) electrons. The molecule has 0 saturated carbocycles. The maximum atomic E-state index is 12.0. The topological polar surface area (TPSA) is 71.1 Å². The molecular formula is C14H15N3O2S. The highest BCUT2D eigenvalue weighted by Gasteiger charge is 2.08. The van der Waals surface area contributed by atoms with Gasteiger partial charge in [-0.3, -0.25) is 14.9 Å². The zero-order chi connectivity index (χ0) is 14.5. The number of hydrogen-bond acceptors (Lipinski definition) is 4. The second-order valence-corrected chi connectivity index (χ2v) is 5.44. The summed E-state index contributed by atoms with van der Waals surface area (Å²) in [6, 6.07) is 6.74. The second kappa shape index (κ2) is 6.29. The molecule has 6 heteroatoms. The van der Waals surface area contributed by atoms with Gasteiger partial charge in [0, 0.05) is 28.7 Å². The standard InChI is InChI=1S/C14H15N3O2S/c1-3-12(18)16-11-6-4-10(5-7-11)13(19)17-14-15-8-9(2)20-14/h4-8H,3H2,1-2H3,(H,16,18)(H,15,17,19). The normalized spacial score (nSPS) is 10.1. The van der Waals surface area contributed by atoms with Crippen molar-refractivity contribution in [2.24, 2.45) is 0 Å². The van der Waals surface area contributed by atoms with Gasteiger partial charge in [-0.25, -0.2) is 4.98 Å². The smallest absolute Gasteiger partial charge is 0.257 e. The van der Waals surface area contributed by atoms with Gasteiger partial charge in [-0.05, 0) is 31.2 Å². The van der Waals surface area contributed by atoms with Crippen LogP contribution in [-0.2, 0) is 4.79 Å². The molecule has 2 N–H and O–H groups in total. The minimum Gasteiger partial charge on any atom is -0.326 e. The Bertz CT molecular complexity index is 620. The number of aromatic nitrogens is 1. The van der Waals surface area contributed by atoms with Crippen LogP contribution in [0.3, 0.4) is 0 Å². The van der Waals surface area contributed by atoms with E-state index in [2.05, 4.69) is 15.6 Å². The number of rotatable bonds is 4. The van der Waals surface area contributed by atoms with E-state index in [1.165, 1.54) is 11.3 Å². The predicted octanol–water partition coefficient (Wildman–Crippen LogP) is 3.05. The molecule has 0 atom stereocenters. The summed E-state index contributed by atoms with van der Waals surface area (Å²) in [5.74, 6) is -0.270. The Balaban J connectivity index is 2.02. The average molecular weight is 289 g/mol. The van der Waals surface area contributed by atoms with Crippen molar-refractivity contribution in [3.8, 4) is 0 Å². The van der Waals surface area contributed by atoms with Crippen molar-refractivity contribution in [3.63, 3.8) is 0 Å². The van der Waals surface area contributed by atoms with E-state index in [-0.39, 0.29) is 11.8 Å². The Morgan fingerprint density at radius 1 is 1.20 bits per heavy atom. The molecular weight excluding hydrogens is 274 g/mol. The third kappa shape index (κ3) is 3.64. The van der Waals surface area contributed by atoms with Gasteiger partial charge in [0.2, 0.25) is 5.91 Å². The Labute approximate surface area is 121 Å². The number of carbonyl (C=O) groups excluding carboxylic acids is 2. The van der Waals surface area contributed by atoms with Gasteiger partial charge in [0.15, 0.2) is 5.13 Å². The fourth-order valence-corrected chi connectivity index (χ4v) is 2.20. The van der Waals surface area contributed by atoms with E-state index < -0.39 is 0 Å². The third-order valence-electron chi connectivity index (χ3n) is 2.59. The van der Waals surface area contributed by atoms with Crippen LogP contribution in [0.25, 0.3) is 0 Å². The van der Waals surface area contributed by atoms with E-state index in [1.54, 1.807) is 37.4 Å². The van der Waals surface area contributed by atoms with E-state index in [1.807, 2.05) is 6.92 Å². The highest BCUT2D eigenvalue weighted by atomic mass is 32.1. The van der Waals surface area contributed by atoms with Crippen LogP contribution in [0, 0.1) is 6.92 Å². The summed E-state index contributed by atoms with van der Waals surface area (Å²) in [5.41, 5.74) is 1.20. The third-order valence-corrected chi connectivity index (χ3v) is 3.42. The molecule has 2 aromatic rings. The molecule has 104 valence electrons. The Morgan fingerprint density at radius 3 is 2.45 bits per heavy atom. The Hall–Kier alpha value is -2.21.